The molecule has 0 bridgehead atoms. The predicted molar refractivity (Wildman–Crippen MR) is 94.9 cm³/mol. The molecule has 1 fully saturated rings. The molecule has 1 atom stereocenters. The van der Waals surface area contributed by atoms with Crippen molar-refractivity contribution in [2.75, 3.05) is 0 Å². The summed E-state index contributed by atoms with van der Waals surface area (Å²) in [5.41, 5.74) is 2.95. The van der Waals surface area contributed by atoms with E-state index in [4.69, 9.17) is 0 Å². The van der Waals surface area contributed by atoms with Gasteiger partial charge in [-0.2, -0.15) is 5.10 Å². The van der Waals surface area contributed by atoms with Gasteiger partial charge < -0.3 is 5.32 Å². The number of benzene rings is 2. The number of hydrogen-bond donors (Lipinski definition) is 1. The Kier molecular flexibility index (Phi) is 4.29. The third-order valence-corrected chi connectivity index (χ3v) is 4.57. The topological polar surface area (TPSA) is 59.8 Å². The fourth-order valence-corrected chi connectivity index (χ4v) is 3.05. The second-order valence-corrected chi connectivity index (χ2v) is 6.49. The Labute approximate surface area is 146 Å². The normalized spacial score (nSPS) is 14.9. The molecule has 1 aliphatic rings. The van der Waals surface area contributed by atoms with E-state index in [-0.39, 0.29) is 11.9 Å². The zero-order chi connectivity index (χ0) is 17.1. The van der Waals surface area contributed by atoms with Gasteiger partial charge in [0.25, 0.3) is 5.91 Å². The van der Waals surface area contributed by atoms with Crippen LogP contribution in [0.1, 0.15) is 40.4 Å². The molecule has 0 aliphatic heterocycles. The molecule has 126 valence electrons. The monoisotopic (exact) mass is 332 g/mol. The van der Waals surface area contributed by atoms with Crippen molar-refractivity contribution in [3.63, 3.8) is 0 Å². The first-order valence-corrected chi connectivity index (χ1v) is 8.57. The Bertz CT molecular complexity index is 824. The Morgan fingerprint density at radius 2 is 1.88 bits per heavy atom. The van der Waals surface area contributed by atoms with Gasteiger partial charge in [-0.05, 0) is 42.0 Å². The minimum atomic E-state index is -0.0203. The van der Waals surface area contributed by atoms with Crippen molar-refractivity contribution in [2.24, 2.45) is 5.92 Å². The van der Waals surface area contributed by atoms with Crippen LogP contribution in [0.4, 0.5) is 0 Å². The third-order valence-electron chi connectivity index (χ3n) is 4.57. The maximum Gasteiger partial charge on any atom is 0.251 e. The van der Waals surface area contributed by atoms with E-state index in [0.717, 1.165) is 5.56 Å². The van der Waals surface area contributed by atoms with Crippen LogP contribution in [-0.2, 0) is 6.54 Å². The van der Waals surface area contributed by atoms with Crippen LogP contribution in [0.5, 0.6) is 0 Å². The minimum absolute atomic E-state index is 0.0203. The maximum atomic E-state index is 12.7. The van der Waals surface area contributed by atoms with Gasteiger partial charge in [-0.1, -0.05) is 42.5 Å². The zero-order valence-corrected chi connectivity index (χ0v) is 13.9. The quantitative estimate of drug-likeness (QED) is 0.754. The zero-order valence-electron chi connectivity index (χ0n) is 13.9. The van der Waals surface area contributed by atoms with E-state index in [1.165, 1.54) is 24.7 Å². The van der Waals surface area contributed by atoms with Gasteiger partial charge in [0.05, 0.1) is 12.6 Å². The summed E-state index contributed by atoms with van der Waals surface area (Å²) in [5, 5.41) is 7.30. The van der Waals surface area contributed by atoms with E-state index in [1.54, 1.807) is 11.0 Å². The molecule has 5 nitrogen and oxygen atoms in total. The number of rotatable bonds is 6. The van der Waals surface area contributed by atoms with Crippen molar-refractivity contribution in [2.45, 2.75) is 25.4 Å². The van der Waals surface area contributed by atoms with Crippen LogP contribution in [-0.4, -0.2) is 20.7 Å². The second kappa shape index (κ2) is 6.89. The lowest BCUT2D eigenvalue weighted by Crippen LogP contribution is -2.29. The van der Waals surface area contributed by atoms with Gasteiger partial charge in [0, 0.05) is 5.56 Å². The molecular formula is C20H20N4O. The number of nitrogens with zero attached hydrogens (tertiary/aromatic N) is 3. The van der Waals surface area contributed by atoms with Crippen LogP contribution in [0.25, 0.3) is 0 Å². The van der Waals surface area contributed by atoms with Gasteiger partial charge in [0.2, 0.25) is 0 Å². The molecule has 1 amide bonds. The standard InChI is InChI=1S/C20H20N4O/c25-20(23-19(17-10-11-17)16-4-2-1-3-5-16)18-8-6-15(7-9-18)12-24-14-21-13-22-24/h1-9,13-14,17,19H,10-12H2,(H,23,25). The Morgan fingerprint density at radius 3 is 2.52 bits per heavy atom. The summed E-state index contributed by atoms with van der Waals surface area (Å²) in [6.45, 7) is 0.649. The van der Waals surface area contributed by atoms with Gasteiger partial charge in [-0.25, -0.2) is 9.67 Å². The average molecular weight is 332 g/mol. The van der Waals surface area contributed by atoms with Crippen molar-refractivity contribution < 1.29 is 4.79 Å². The summed E-state index contributed by atoms with van der Waals surface area (Å²) in [5.74, 6) is 0.533. The van der Waals surface area contributed by atoms with Crippen molar-refractivity contribution >= 4 is 5.91 Å². The molecule has 5 heteroatoms. The lowest BCUT2D eigenvalue weighted by atomic mass is 10.0. The summed E-state index contributed by atoms with van der Waals surface area (Å²) in [6.07, 6.45) is 5.55. The van der Waals surface area contributed by atoms with Crippen LogP contribution < -0.4 is 5.32 Å². The number of aromatic nitrogens is 3. The van der Waals surface area contributed by atoms with Crippen LogP contribution in [0.3, 0.4) is 0 Å². The van der Waals surface area contributed by atoms with Gasteiger partial charge in [0.15, 0.2) is 0 Å². The first kappa shape index (κ1) is 15.6. The first-order valence-electron chi connectivity index (χ1n) is 8.57. The van der Waals surface area contributed by atoms with E-state index in [2.05, 4.69) is 27.5 Å². The van der Waals surface area contributed by atoms with Crippen molar-refractivity contribution in [3.05, 3.63) is 83.9 Å². The van der Waals surface area contributed by atoms with E-state index in [0.29, 0.717) is 18.0 Å². The molecule has 1 heterocycles. The van der Waals surface area contributed by atoms with Gasteiger partial charge in [-0.3, -0.25) is 4.79 Å². The van der Waals surface area contributed by atoms with E-state index in [1.807, 2.05) is 42.5 Å². The fourth-order valence-electron chi connectivity index (χ4n) is 3.05. The Hall–Kier alpha value is -2.95. The van der Waals surface area contributed by atoms with Gasteiger partial charge in [0.1, 0.15) is 12.7 Å². The molecule has 0 spiro atoms. The molecular weight excluding hydrogens is 312 g/mol. The summed E-state index contributed by atoms with van der Waals surface area (Å²) in [7, 11) is 0. The summed E-state index contributed by atoms with van der Waals surface area (Å²) in [6, 6.07) is 18.0. The van der Waals surface area contributed by atoms with Crippen molar-refractivity contribution in [1.82, 2.24) is 20.1 Å². The SMILES string of the molecule is O=C(NC(c1ccccc1)C1CC1)c1ccc(Cn2cncn2)cc1. The lowest BCUT2D eigenvalue weighted by Gasteiger charge is -2.19. The molecule has 1 saturated carbocycles. The summed E-state index contributed by atoms with van der Waals surface area (Å²) < 4.78 is 1.76. The maximum absolute atomic E-state index is 12.7. The average Bonchev–Trinajstić information content (AvgIpc) is 3.37. The molecule has 1 unspecified atom stereocenters. The molecule has 0 radical (unpaired) electrons. The van der Waals surface area contributed by atoms with E-state index in [9.17, 15) is 4.79 Å². The molecule has 25 heavy (non-hydrogen) atoms. The highest BCUT2D eigenvalue weighted by Crippen LogP contribution is 2.41. The van der Waals surface area contributed by atoms with Crippen molar-refractivity contribution in [1.29, 1.82) is 0 Å². The van der Waals surface area contributed by atoms with E-state index >= 15 is 0 Å². The Morgan fingerprint density at radius 1 is 1.12 bits per heavy atom. The Balaban J connectivity index is 1.45. The van der Waals surface area contributed by atoms with E-state index < -0.39 is 0 Å². The second-order valence-electron chi connectivity index (χ2n) is 6.49. The predicted octanol–water partition coefficient (Wildman–Crippen LogP) is 3.21. The van der Waals surface area contributed by atoms with Crippen LogP contribution in [0, 0.1) is 5.92 Å². The smallest absolute Gasteiger partial charge is 0.251 e. The molecule has 0 saturated heterocycles. The molecule has 1 aromatic heterocycles. The minimum Gasteiger partial charge on any atom is -0.345 e. The number of nitrogens with one attached hydrogen (secondary N) is 1. The summed E-state index contributed by atoms with van der Waals surface area (Å²) in [4.78, 5) is 16.6. The molecule has 3 aromatic rings. The highest BCUT2D eigenvalue weighted by Gasteiger charge is 2.33. The number of hydrogen-bond acceptors (Lipinski definition) is 3. The van der Waals surface area contributed by atoms with Crippen LogP contribution >= 0.6 is 0 Å². The number of amides is 1. The lowest BCUT2D eigenvalue weighted by molar-refractivity contribution is 0.0931. The molecule has 1 N–H and O–H groups in total. The first-order chi connectivity index (χ1) is 12.3. The largest absolute Gasteiger partial charge is 0.345 e. The highest BCUT2D eigenvalue weighted by atomic mass is 16.1. The number of carbonyl (C=O) groups excluding carboxylic acids is 1. The summed E-state index contributed by atoms with van der Waals surface area (Å²) >= 11 is 0. The third kappa shape index (κ3) is 3.76. The van der Waals surface area contributed by atoms with Crippen molar-refractivity contribution in [3.8, 4) is 0 Å². The molecule has 1 aliphatic carbocycles. The van der Waals surface area contributed by atoms with Crippen LogP contribution in [0.2, 0.25) is 0 Å². The number of carbonyl (C=O) groups is 1. The van der Waals surface area contributed by atoms with Crippen LogP contribution in [0.15, 0.2) is 67.3 Å². The van der Waals surface area contributed by atoms with Gasteiger partial charge in [-0.15, -0.1) is 0 Å². The molecule has 4 rings (SSSR count). The highest BCUT2D eigenvalue weighted by molar-refractivity contribution is 5.94. The molecule has 2 aromatic carbocycles. The van der Waals surface area contributed by atoms with Gasteiger partial charge >= 0.3 is 0 Å². The fraction of sp³-hybridized carbons (Fsp3) is 0.250.